The lowest BCUT2D eigenvalue weighted by molar-refractivity contribution is 0.580. The molecule has 0 atom stereocenters. The second-order valence-corrected chi connectivity index (χ2v) is 3.64. The highest BCUT2D eigenvalue weighted by molar-refractivity contribution is 5.15. The Hall–Kier alpha value is -1.84. The van der Waals surface area contributed by atoms with Gasteiger partial charge in [-0.3, -0.25) is 9.36 Å². The summed E-state index contributed by atoms with van der Waals surface area (Å²) in [7, 11) is 0. The number of aromatic nitrogens is 3. The molecule has 0 bridgehead atoms. The van der Waals surface area contributed by atoms with Crippen LogP contribution in [0.3, 0.4) is 0 Å². The van der Waals surface area contributed by atoms with Gasteiger partial charge >= 0.3 is 0 Å². The number of rotatable bonds is 2. The molecule has 15 heavy (non-hydrogen) atoms. The minimum absolute atomic E-state index is 0.0643. The van der Waals surface area contributed by atoms with E-state index in [1.165, 1.54) is 6.07 Å². The van der Waals surface area contributed by atoms with Gasteiger partial charge in [-0.05, 0) is 19.9 Å². The van der Waals surface area contributed by atoms with Gasteiger partial charge in [-0.2, -0.15) is 0 Å². The van der Waals surface area contributed by atoms with E-state index in [-0.39, 0.29) is 11.6 Å². The minimum Gasteiger partial charge on any atom is -0.314 e. The number of hydrogen-bond acceptors (Lipinski definition) is 2. The summed E-state index contributed by atoms with van der Waals surface area (Å²) in [6.07, 6.45) is 5.30. The zero-order valence-corrected chi connectivity index (χ0v) is 8.79. The fourth-order valence-electron chi connectivity index (χ4n) is 1.49. The van der Waals surface area contributed by atoms with E-state index in [9.17, 15) is 4.79 Å². The molecule has 0 N–H and O–H groups in total. The molecule has 0 saturated carbocycles. The summed E-state index contributed by atoms with van der Waals surface area (Å²) >= 11 is 0. The first-order chi connectivity index (χ1) is 7.20. The predicted molar refractivity (Wildman–Crippen MR) is 58.2 cm³/mol. The number of imidazole rings is 1. The normalized spacial score (nSPS) is 10.9. The van der Waals surface area contributed by atoms with Crippen molar-refractivity contribution in [1.29, 1.82) is 0 Å². The standard InChI is InChI=1S/C11H13N3O/c1-9(2)13-8-6-12-11(13)14-7-4-3-5-10(14)15/h3-9H,1-2H3. The summed E-state index contributed by atoms with van der Waals surface area (Å²) in [6, 6.07) is 5.36. The first-order valence-corrected chi connectivity index (χ1v) is 4.91. The van der Waals surface area contributed by atoms with Crippen LogP contribution >= 0.6 is 0 Å². The monoisotopic (exact) mass is 203 g/mol. The maximum Gasteiger partial charge on any atom is 0.257 e. The molecule has 78 valence electrons. The molecule has 2 heterocycles. The molecule has 4 heteroatoms. The van der Waals surface area contributed by atoms with Crippen LogP contribution in [0.1, 0.15) is 19.9 Å². The Kier molecular flexibility index (Phi) is 2.41. The number of pyridine rings is 1. The van der Waals surface area contributed by atoms with Crippen molar-refractivity contribution < 1.29 is 0 Å². The lowest BCUT2D eigenvalue weighted by atomic mass is 10.4. The Labute approximate surface area is 87.8 Å². The van der Waals surface area contributed by atoms with Crippen molar-refractivity contribution in [1.82, 2.24) is 14.1 Å². The summed E-state index contributed by atoms with van der Waals surface area (Å²) < 4.78 is 3.50. The first-order valence-electron chi connectivity index (χ1n) is 4.91. The van der Waals surface area contributed by atoms with Crippen molar-refractivity contribution >= 4 is 0 Å². The van der Waals surface area contributed by atoms with Crippen molar-refractivity contribution in [2.24, 2.45) is 0 Å². The van der Waals surface area contributed by atoms with Crippen LogP contribution in [0.15, 0.2) is 41.6 Å². The first kappa shape index (κ1) is 9.71. The molecular formula is C11H13N3O. The van der Waals surface area contributed by atoms with E-state index < -0.39 is 0 Å². The molecule has 0 aliphatic rings. The lowest BCUT2D eigenvalue weighted by Gasteiger charge is -2.11. The van der Waals surface area contributed by atoms with Crippen LogP contribution < -0.4 is 5.56 Å². The molecule has 0 radical (unpaired) electrons. The Morgan fingerprint density at radius 2 is 2.07 bits per heavy atom. The van der Waals surface area contributed by atoms with Gasteiger partial charge in [-0.25, -0.2) is 4.98 Å². The van der Waals surface area contributed by atoms with Crippen molar-refractivity contribution in [3.05, 3.63) is 47.1 Å². The maximum atomic E-state index is 11.6. The van der Waals surface area contributed by atoms with E-state index in [0.29, 0.717) is 5.95 Å². The third kappa shape index (κ3) is 1.70. The number of hydrogen-bond donors (Lipinski definition) is 0. The number of nitrogens with zero attached hydrogens (tertiary/aromatic N) is 3. The fourth-order valence-corrected chi connectivity index (χ4v) is 1.49. The Morgan fingerprint density at radius 3 is 2.73 bits per heavy atom. The van der Waals surface area contributed by atoms with Crippen LogP contribution in [-0.4, -0.2) is 14.1 Å². The van der Waals surface area contributed by atoms with E-state index in [2.05, 4.69) is 18.8 Å². The molecular weight excluding hydrogens is 190 g/mol. The van der Waals surface area contributed by atoms with Gasteiger partial charge in [0.15, 0.2) is 0 Å². The molecule has 2 aromatic heterocycles. The van der Waals surface area contributed by atoms with Gasteiger partial charge in [-0.15, -0.1) is 0 Å². The zero-order valence-electron chi connectivity index (χ0n) is 8.79. The van der Waals surface area contributed by atoms with Gasteiger partial charge < -0.3 is 4.57 Å². The van der Waals surface area contributed by atoms with E-state index in [1.54, 1.807) is 23.0 Å². The second-order valence-electron chi connectivity index (χ2n) is 3.64. The molecule has 0 saturated heterocycles. The van der Waals surface area contributed by atoms with Crippen LogP contribution in [0.4, 0.5) is 0 Å². The lowest BCUT2D eigenvalue weighted by Crippen LogP contribution is -2.20. The topological polar surface area (TPSA) is 39.8 Å². The van der Waals surface area contributed by atoms with Gasteiger partial charge in [0.25, 0.3) is 5.56 Å². The van der Waals surface area contributed by atoms with Crippen molar-refractivity contribution in [3.63, 3.8) is 0 Å². The fraction of sp³-hybridized carbons (Fsp3) is 0.273. The second kappa shape index (κ2) is 3.73. The highest BCUT2D eigenvalue weighted by Crippen LogP contribution is 2.10. The highest BCUT2D eigenvalue weighted by Gasteiger charge is 2.08. The van der Waals surface area contributed by atoms with Crippen LogP contribution in [0.25, 0.3) is 5.95 Å². The summed E-state index contributed by atoms with van der Waals surface area (Å²) in [5, 5.41) is 0. The van der Waals surface area contributed by atoms with Gasteiger partial charge in [0.1, 0.15) is 0 Å². The van der Waals surface area contributed by atoms with Gasteiger partial charge in [0, 0.05) is 30.7 Å². The van der Waals surface area contributed by atoms with Crippen molar-refractivity contribution in [3.8, 4) is 5.95 Å². The van der Waals surface area contributed by atoms with Gasteiger partial charge in [0.05, 0.1) is 0 Å². The SMILES string of the molecule is CC(C)n1ccnc1-n1ccccc1=O. The van der Waals surface area contributed by atoms with Crippen LogP contribution in [0.2, 0.25) is 0 Å². The molecule has 0 unspecified atom stereocenters. The summed E-state index contributed by atoms with van der Waals surface area (Å²) in [5.41, 5.74) is -0.0643. The van der Waals surface area contributed by atoms with Gasteiger partial charge in [0.2, 0.25) is 5.95 Å². The average molecular weight is 203 g/mol. The quantitative estimate of drug-likeness (QED) is 0.744. The zero-order chi connectivity index (χ0) is 10.8. The minimum atomic E-state index is -0.0643. The van der Waals surface area contributed by atoms with E-state index in [4.69, 9.17) is 0 Å². The van der Waals surface area contributed by atoms with E-state index >= 15 is 0 Å². The molecule has 4 nitrogen and oxygen atoms in total. The molecule has 0 aliphatic carbocycles. The van der Waals surface area contributed by atoms with Crippen LogP contribution in [0, 0.1) is 0 Å². The molecule has 0 aliphatic heterocycles. The predicted octanol–water partition coefficient (Wildman–Crippen LogP) is 1.61. The Morgan fingerprint density at radius 1 is 1.27 bits per heavy atom. The smallest absolute Gasteiger partial charge is 0.257 e. The molecule has 0 fully saturated rings. The summed E-state index contributed by atoms with van der Waals surface area (Å²) in [6.45, 7) is 4.11. The highest BCUT2D eigenvalue weighted by atomic mass is 16.1. The van der Waals surface area contributed by atoms with Crippen molar-refractivity contribution in [2.45, 2.75) is 19.9 Å². The van der Waals surface area contributed by atoms with Gasteiger partial charge in [-0.1, -0.05) is 6.07 Å². The summed E-state index contributed by atoms with van der Waals surface area (Å²) in [5.74, 6) is 0.663. The Bertz CT molecular complexity index is 510. The van der Waals surface area contributed by atoms with Crippen LogP contribution in [-0.2, 0) is 0 Å². The molecule has 0 spiro atoms. The van der Waals surface area contributed by atoms with Crippen molar-refractivity contribution in [2.75, 3.05) is 0 Å². The largest absolute Gasteiger partial charge is 0.314 e. The maximum absolute atomic E-state index is 11.6. The van der Waals surface area contributed by atoms with Crippen LogP contribution in [0.5, 0.6) is 0 Å². The van der Waals surface area contributed by atoms with E-state index in [1.807, 2.05) is 16.8 Å². The third-order valence-electron chi connectivity index (χ3n) is 2.24. The average Bonchev–Trinajstić information content (AvgIpc) is 2.67. The molecule has 2 rings (SSSR count). The summed E-state index contributed by atoms with van der Waals surface area (Å²) in [4.78, 5) is 15.8. The molecule has 2 aromatic rings. The Balaban J connectivity index is 2.60. The van der Waals surface area contributed by atoms with E-state index in [0.717, 1.165) is 0 Å². The molecule has 0 aromatic carbocycles. The molecule has 0 amide bonds. The third-order valence-corrected chi connectivity index (χ3v) is 2.24.